The minimum absolute atomic E-state index is 0.0173. The van der Waals surface area contributed by atoms with Gasteiger partial charge in [0.25, 0.3) is 0 Å². The van der Waals surface area contributed by atoms with Crippen LogP contribution in [-0.4, -0.2) is 33.1 Å². The van der Waals surface area contributed by atoms with E-state index in [1.54, 1.807) is 24.5 Å². The number of aromatic nitrogens is 2. The van der Waals surface area contributed by atoms with Crippen LogP contribution in [0.2, 0.25) is 0 Å². The van der Waals surface area contributed by atoms with Crippen LogP contribution in [0.4, 0.5) is 11.5 Å². The third-order valence-corrected chi connectivity index (χ3v) is 6.51. The molecule has 1 heterocycles. The van der Waals surface area contributed by atoms with Crippen molar-refractivity contribution >= 4 is 29.1 Å². The molecule has 0 radical (unpaired) electrons. The van der Waals surface area contributed by atoms with Crippen LogP contribution < -0.4 is 21.1 Å². The summed E-state index contributed by atoms with van der Waals surface area (Å²) in [6.45, 7) is 8.01. The summed E-state index contributed by atoms with van der Waals surface area (Å²) in [5.41, 5.74) is 9.37. The van der Waals surface area contributed by atoms with Crippen molar-refractivity contribution in [2.75, 3.05) is 10.6 Å². The predicted molar refractivity (Wildman–Crippen MR) is 140 cm³/mol. The zero-order valence-corrected chi connectivity index (χ0v) is 21.5. The quantitative estimate of drug-likeness (QED) is 0.366. The number of nitrogens with one attached hydrogen (secondary N) is 2. The van der Waals surface area contributed by atoms with Crippen LogP contribution in [0.25, 0.3) is 5.70 Å². The highest BCUT2D eigenvalue weighted by Crippen LogP contribution is 2.31. The molecule has 1 aromatic heterocycles. The first-order chi connectivity index (χ1) is 17.2. The summed E-state index contributed by atoms with van der Waals surface area (Å²) in [6.07, 6.45) is 6.87. The van der Waals surface area contributed by atoms with Crippen molar-refractivity contribution in [1.29, 1.82) is 0 Å². The summed E-state index contributed by atoms with van der Waals surface area (Å²) < 4.78 is 5.65. The number of nitrogens with zero attached hydrogens (tertiary/aromatic N) is 2. The normalized spacial score (nSPS) is 19.2. The van der Waals surface area contributed by atoms with Gasteiger partial charge in [0.05, 0.1) is 36.0 Å². The van der Waals surface area contributed by atoms with Crippen LogP contribution in [-0.2, 0) is 9.59 Å². The Morgan fingerprint density at radius 1 is 1.08 bits per heavy atom. The fourth-order valence-corrected chi connectivity index (χ4v) is 4.37. The number of rotatable bonds is 10. The van der Waals surface area contributed by atoms with Crippen LogP contribution in [0.3, 0.4) is 0 Å². The molecule has 36 heavy (non-hydrogen) atoms. The van der Waals surface area contributed by atoms with E-state index in [1.807, 2.05) is 26.0 Å². The lowest BCUT2D eigenvalue weighted by Gasteiger charge is -2.27. The van der Waals surface area contributed by atoms with E-state index in [0.29, 0.717) is 35.9 Å². The molecular formula is C27H37N5O4. The number of carboxylic acid groups (broad SMARTS) is 1. The highest BCUT2D eigenvalue weighted by molar-refractivity contribution is 5.95. The number of amides is 1. The lowest BCUT2D eigenvalue weighted by molar-refractivity contribution is -0.147. The van der Waals surface area contributed by atoms with E-state index in [0.717, 1.165) is 30.5 Å². The lowest BCUT2D eigenvalue weighted by atomic mass is 9.78. The van der Waals surface area contributed by atoms with Crippen molar-refractivity contribution in [2.45, 2.75) is 65.9 Å². The molecule has 3 unspecified atom stereocenters. The van der Waals surface area contributed by atoms with E-state index in [2.05, 4.69) is 34.4 Å². The third-order valence-electron chi connectivity index (χ3n) is 6.51. The van der Waals surface area contributed by atoms with Gasteiger partial charge in [-0.15, -0.1) is 0 Å². The molecule has 0 bridgehead atoms. The number of aliphatic carboxylic acids is 1. The molecule has 1 amide bonds. The lowest BCUT2D eigenvalue weighted by Crippen LogP contribution is -2.36. The number of nitrogens with two attached hydrogens (primary N) is 1. The maximum atomic E-state index is 12.8. The Labute approximate surface area is 212 Å². The number of carbonyl (C=O) groups excluding carboxylic acids is 1. The van der Waals surface area contributed by atoms with Crippen LogP contribution >= 0.6 is 0 Å². The van der Waals surface area contributed by atoms with Gasteiger partial charge in [-0.3, -0.25) is 14.6 Å². The van der Waals surface area contributed by atoms with Crippen molar-refractivity contribution in [2.24, 2.45) is 23.5 Å². The molecule has 0 aliphatic heterocycles. The Balaban J connectivity index is 1.78. The summed E-state index contributed by atoms with van der Waals surface area (Å²) >= 11 is 0. The Kier molecular flexibility index (Phi) is 9.27. The smallest absolute Gasteiger partial charge is 0.307 e. The SMILES string of the molecule is CCC(C)/C(Nc1cncc(OC(C)C)n1)=C(\N)c1ccc(NC(=O)C2CCCCC2C(=O)O)cc1. The molecule has 3 rings (SSSR count). The molecular weight excluding hydrogens is 458 g/mol. The fraction of sp³-hybridized carbons (Fsp3) is 0.481. The number of hydrogen-bond donors (Lipinski definition) is 4. The van der Waals surface area contributed by atoms with E-state index in [-0.39, 0.29) is 17.9 Å². The maximum Gasteiger partial charge on any atom is 0.307 e. The zero-order chi connectivity index (χ0) is 26.2. The highest BCUT2D eigenvalue weighted by atomic mass is 16.5. The summed E-state index contributed by atoms with van der Waals surface area (Å²) in [7, 11) is 0. The second kappa shape index (κ2) is 12.4. The predicted octanol–water partition coefficient (Wildman–Crippen LogP) is 4.88. The molecule has 0 spiro atoms. The summed E-state index contributed by atoms with van der Waals surface area (Å²) in [5, 5.41) is 15.7. The van der Waals surface area contributed by atoms with Crippen molar-refractivity contribution < 1.29 is 19.4 Å². The maximum absolute atomic E-state index is 12.8. The first-order valence-corrected chi connectivity index (χ1v) is 12.6. The van der Waals surface area contributed by atoms with Gasteiger partial charge in [-0.2, -0.15) is 4.98 Å². The molecule has 3 atom stereocenters. The van der Waals surface area contributed by atoms with E-state index in [9.17, 15) is 14.7 Å². The van der Waals surface area contributed by atoms with Gasteiger partial charge in [0, 0.05) is 11.4 Å². The first-order valence-electron chi connectivity index (χ1n) is 12.6. The molecule has 2 aromatic rings. The topological polar surface area (TPSA) is 139 Å². The van der Waals surface area contributed by atoms with Crippen molar-refractivity contribution in [3.8, 4) is 5.88 Å². The van der Waals surface area contributed by atoms with Gasteiger partial charge >= 0.3 is 5.97 Å². The minimum atomic E-state index is -0.904. The van der Waals surface area contributed by atoms with Crippen molar-refractivity contribution in [3.63, 3.8) is 0 Å². The van der Waals surface area contributed by atoms with E-state index < -0.39 is 17.8 Å². The number of carbonyl (C=O) groups is 2. The van der Waals surface area contributed by atoms with Crippen molar-refractivity contribution in [3.05, 3.63) is 47.9 Å². The number of hydrogen-bond acceptors (Lipinski definition) is 7. The Morgan fingerprint density at radius 2 is 1.75 bits per heavy atom. The number of allylic oxidation sites excluding steroid dienone is 1. The molecule has 194 valence electrons. The zero-order valence-electron chi connectivity index (χ0n) is 21.5. The highest BCUT2D eigenvalue weighted by Gasteiger charge is 2.35. The molecule has 1 aliphatic rings. The molecule has 5 N–H and O–H groups in total. The molecule has 1 saturated carbocycles. The van der Waals surface area contributed by atoms with Gasteiger partial charge in [0.2, 0.25) is 11.8 Å². The standard InChI is InChI=1S/C27H37N5O4/c1-5-17(4)25(32-22-14-29-15-23(31-22)36-16(2)3)24(28)18-10-12-19(13-11-18)30-26(33)20-8-6-7-9-21(20)27(34)35/h10-17,20-21H,5-9,28H2,1-4H3,(H,30,33)(H,31,32)(H,34,35)/b25-24+. The molecule has 0 saturated heterocycles. The van der Waals surface area contributed by atoms with Gasteiger partial charge < -0.3 is 26.2 Å². The molecule has 1 fully saturated rings. The second-order valence-electron chi connectivity index (χ2n) is 9.57. The number of ether oxygens (including phenoxy) is 1. The van der Waals surface area contributed by atoms with Crippen LogP contribution in [0.5, 0.6) is 5.88 Å². The summed E-state index contributed by atoms with van der Waals surface area (Å²) in [5.74, 6) is -1.20. The number of benzene rings is 1. The second-order valence-corrected chi connectivity index (χ2v) is 9.57. The van der Waals surface area contributed by atoms with Gasteiger partial charge in [-0.25, -0.2) is 0 Å². The Morgan fingerprint density at radius 3 is 2.36 bits per heavy atom. The minimum Gasteiger partial charge on any atom is -0.481 e. The summed E-state index contributed by atoms with van der Waals surface area (Å²) in [4.78, 5) is 33.0. The molecule has 9 nitrogen and oxygen atoms in total. The molecule has 9 heteroatoms. The first kappa shape index (κ1) is 27.0. The molecule has 1 aliphatic carbocycles. The van der Waals surface area contributed by atoms with Crippen LogP contribution in [0, 0.1) is 17.8 Å². The molecule has 1 aromatic carbocycles. The van der Waals surface area contributed by atoms with E-state index in [4.69, 9.17) is 10.5 Å². The van der Waals surface area contributed by atoms with Gasteiger partial charge in [-0.05, 0) is 56.7 Å². The third kappa shape index (κ3) is 6.96. The van der Waals surface area contributed by atoms with E-state index >= 15 is 0 Å². The van der Waals surface area contributed by atoms with Gasteiger partial charge in [0.1, 0.15) is 0 Å². The number of carboxylic acids is 1. The van der Waals surface area contributed by atoms with Crippen molar-refractivity contribution in [1.82, 2.24) is 9.97 Å². The monoisotopic (exact) mass is 495 g/mol. The van der Waals surface area contributed by atoms with E-state index in [1.165, 1.54) is 0 Å². The Bertz CT molecular complexity index is 1080. The van der Waals surface area contributed by atoms with Gasteiger partial charge in [0.15, 0.2) is 5.82 Å². The van der Waals surface area contributed by atoms with Crippen LogP contribution in [0.1, 0.15) is 65.4 Å². The van der Waals surface area contributed by atoms with Crippen LogP contribution in [0.15, 0.2) is 42.4 Å². The fourth-order valence-electron chi connectivity index (χ4n) is 4.37. The average molecular weight is 496 g/mol. The Hall–Kier alpha value is -3.62. The number of anilines is 2. The largest absolute Gasteiger partial charge is 0.481 e. The summed E-state index contributed by atoms with van der Waals surface area (Å²) in [6, 6.07) is 7.25. The van der Waals surface area contributed by atoms with Gasteiger partial charge in [-0.1, -0.05) is 38.8 Å². The average Bonchev–Trinajstić information content (AvgIpc) is 2.86.